The number of anilines is 2. The number of rotatable bonds is 5. The fraction of sp³-hybridized carbons (Fsp3) is 0.150. The van der Waals surface area contributed by atoms with Gasteiger partial charge in [-0.15, -0.1) is 0 Å². The summed E-state index contributed by atoms with van der Waals surface area (Å²) in [5.74, 6) is 0.673. The summed E-state index contributed by atoms with van der Waals surface area (Å²) in [4.78, 5) is 24.9. The molecule has 0 saturated carbocycles. The van der Waals surface area contributed by atoms with Crippen LogP contribution in [0.2, 0.25) is 5.02 Å². The minimum absolute atomic E-state index is 0.0523. The largest absolute Gasteiger partial charge is 0.497 e. The zero-order chi connectivity index (χ0) is 19.7. The van der Waals surface area contributed by atoms with Gasteiger partial charge in [0.05, 0.1) is 30.4 Å². The fourth-order valence-electron chi connectivity index (χ4n) is 3.15. The number of carbonyl (C=O) groups is 2. The minimum atomic E-state index is -0.725. The highest BCUT2D eigenvalue weighted by atomic mass is 35.5. The second kappa shape index (κ2) is 7.36. The van der Waals surface area contributed by atoms with Gasteiger partial charge < -0.3 is 15.4 Å². The molecule has 1 atom stereocenters. The van der Waals surface area contributed by atoms with Crippen LogP contribution in [0, 0.1) is 0 Å². The molecule has 142 valence electrons. The molecule has 1 unspecified atom stereocenters. The normalized spacial score (nSPS) is 15.1. The smallest absolute Gasteiger partial charge is 0.251 e. The van der Waals surface area contributed by atoms with Gasteiger partial charge in [0, 0.05) is 5.56 Å². The van der Waals surface area contributed by atoms with E-state index in [4.69, 9.17) is 16.3 Å². The maximum absolute atomic E-state index is 12.5. The van der Waals surface area contributed by atoms with Gasteiger partial charge in [0.1, 0.15) is 17.6 Å². The quantitative estimate of drug-likeness (QED) is 0.688. The molecule has 0 bridgehead atoms. The third kappa shape index (κ3) is 3.32. The lowest BCUT2D eigenvalue weighted by Crippen LogP contribution is -2.23. The number of hydrogen-bond donors (Lipinski definition) is 2. The van der Waals surface area contributed by atoms with E-state index >= 15 is 0 Å². The van der Waals surface area contributed by atoms with Gasteiger partial charge in [0.2, 0.25) is 5.91 Å². The van der Waals surface area contributed by atoms with Crippen molar-refractivity contribution in [1.29, 1.82) is 0 Å². The number of carbonyl (C=O) groups excluding carboxylic acids is 2. The zero-order valence-electron chi connectivity index (χ0n) is 15.0. The van der Waals surface area contributed by atoms with Gasteiger partial charge in [-0.3, -0.25) is 9.59 Å². The standard InChI is InChI=1S/C20H17ClN4O3/c1-28-13-6-4-5-12(9-13)14-11-22-25-17(20(27)24-19(14)25)10-18(26)23-16-8-3-2-7-15(16)21/h2-9,11,17H,10H2,1H3,(H,23,26)(H,24,27). The van der Waals surface area contributed by atoms with Crippen molar-refractivity contribution in [3.63, 3.8) is 0 Å². The molecular weight excluding hydrogens is 380 g/mol. The molecule has 0 saturated heterocycles. The van der Waals surface area contributed by atoms with Crippen molar-refractivity contribution >= 4 is 34.9 Å². The van der Waals surface area contributed by atoms with Crippen LogP contribution in [-0.4, -0.2) is 28.7 Å². The minimum Gasteiger partial charge on any atom is -0.497 e. The van der Waals surface area contributed by atoms with Gasteiger partial charge in [-0.2, -0.15) is 5.10 Å². The molecule has 0 aliphatic carbocycles. The average molecular weight is 397 g/mol. The summed E-state index contributed by atoms with van der Waals surface area (Å²) >= 11 is 6.07. The lowest BCUT2D eigenvalue weighted by atomic mass is 10.1. The van der Waals surface area contributed by atoms with Crippen molar-refractivity contribution in [1.82, 2.24) is 9.78 Å². The first-order chi connectivity index (χ1) is 13.6. The van der Waals surface area contributed by atoms with Crippen LogP contribution < -0.4 is 15.4 Å². The molecule has 0 radical (unpaired) electrons. The van der Waals surface area contributed by atoms with Gasteiger partial charge in [-0.05, 0) is 29.8 Å². The zero-order valence-corrected chi connectivity index (χ0v) is 15.7. The number of benzene rings is 2. The highest BCUT2D eigenvalue weighted by Gasteiger charge is 2.35. The van der Waals surface area contributed by atoms with Crippen LogP contribution in [0.25, 0.3) is 11.1 Å². The van der Waals surface area contributed by atoms with E-state index < -0.39 is 6.04 Å². The van der Waals surface area contributed by atoms with E-state index in [1.54, 1.807) is 42.3 Å². The molecular formula is C20H17ClN4O3. The van der Waals surface area contributed by atoms with Crippen molar-refractivity contribution in [2.45, 2.75) is 12.5 Å². The first kappa shape index (κ1) is 18.1. The Balaban J connectivity index is 1.56. The van der Waals surface area contributed by atoms with Crippen molar-refractivity contribution in [3.8, 4) is 16.9 Å². The van der Waals surface area contributed by atoms with Crippen LogP contribution in [0.3, 0.4) is 0 Å². The molecule has 2 aromatic carbocycles. The number of halogens is 1. The number of para-hydroxylation sites is 1. The molecule has 1 aliphatic rings. The van der Waals surface area contributed by atoms with Gasteiger partial charge in [-0.25, -0.2) is 4.68 Å². The van der Waals surface area contributed by atoms with E-state index in [0.29, 0.717) is 22.3 Å². The lowest BCUT2D eigenvalue weighted by Gasteiger charge is -2.10. The Morgan fingerprint density at radius 1 is 1.29 bits per heavy atom. The van der Waals surface area contributed by atoms with Gasteiger partial charge in [-0.1, -0.05) is 35.9 Å². The number of nitrogens with zero attached hydrogens (tertiary/aromatic N) is 2. The first-order valence-corrected chi connectivity index (χ1v) is 9.02. The summed E-state index contributed by atoms with van der Waals surface area (Å²) in [5, 5.41) is 10.3. The fourth-order valence-corrected chi connectivity index (χ4v) is 3.34. The Bertz CT molecular complexity index is 1060. The summed E-state index contributed by atoms with van der Waals surface area (Å²) in [6.45, 7) is 0. The van der Waals surface area contributed by atoms with Crippen molar-refractivity contribution in [2.75, 3.05) is 17.7 Å². The highest BCUT2D eigenvalue weighted by Crippen LogP contribution is 2.36. The number of fused-ring (bicyclic) bond motifs is 1. The third-order valence-corrected chi connectivity index (χ3v) is 4.87. The van der Waals surface area contributed by atoms with Crippen LogP contribution >= 0.6 is 11.6 Å². The van der Waals surface area contributed by atoms with E-state index in [0.717, 1.165) is 11.1 Å². The summed E-state index contributed by atoms with van der Waals surface area (Å²) < 4.78 is 6.80. The molecule has 28 heavy (non-hydrogen) atoms. The summed E-state index contributed by atoms with van der Waals surface area (Å²) in [7, 11) is 1.59. The van der Waals surface area contributed by atoms with E-state index in [1.165, 1.54) is 0 Å². The van der Waals surface area contributed by atoms with E-state index in [-0.39, 0.29) is 18.2 Å². The van der Waals surface area contributed by atoms with Gasteiger partial charge in [0.25, 0.3) is 5.91 Å². The van der Waals surface area contributed by atoms with Crippen LogP contribution in [0.15, 0.2) is 54.7 Å². The number of nitrogens with one attached hydrogen (secondary N) is 2. The SMILES string of the molecule is COc1cccc(-c2cnn3c2NC(=O)C3CC(=O)Nc2ccccc2Cl)c1. The van der Waals surface area contributed by atoms with E-state index in [1.807, 2.05) is 24.3 Å². The lowest BCUT2D eigenvalue weighted by molar-refractivity contribution is -0.123. The van der Waals surface area contributed by atoms with Crippen LogP contribution in [0.1, 0.15) is 12.5 Å². The summed E-state index contributed by atoms with van der Waals surface area (Å²) in [5.41, 5.74) is 2.13. The summed E-state index contributed by atoms with van der Waals surface area (Å²) in [6.07, 6.45) is 1.62. The van der Waals surface area contributed by atoms with Crippen molar-refractivity contribution < 1.29 is 14.3 Å². The Labute approximate surface area is 166 Å². The summed E-state index contributed by atoms with van der Waals surface area (Å²) in [6, 6.07) is 13.7. The molecule has 3 aromatic rings. The Kier molecular flexibility index (Phi) is 4.75. The molecule has 8 heteroatoms. The number of hydrogen-bond acceptors (Lipinski definition) is 4. The number of aromatic nitrogens is 2. The molecule has 2 heterocycles. The molecule has 0 fully saturated rings. The molecule has 4 rings (SSSR count). The average Bonchev–Trinajstić information content (AvgIpc) is 3.23. The van der Waals surface area contributed by atoms with E-state index in [2.05, 4.69) is 15.7 Å². The molecule has 0 spiro atoms. The molecule has 2 N–H and O–H groups in total. The van der Waals surface area contributed by atoms with Crippen LogP contribution in [0.4, 0.5) is 11.5 Å². The Morgan fingerprint density at radius 2 is 2.11 bits per heavy atom. The molecule has 1 aliphatic heterocycles. The second-order valence-electron chi connectivity index (χ2n) is 6.32. The first-order valence-electron chi connectivity index (χ1n) is 8.64. The van der Waals surface area contributed by atoms with Crippen molar-refractivity contribution in [3.05, 3.63) is 59.8 Å². The van der Waals surface area contributed by atoms with E-state index in [9.17, 15) is 9.59 Å². The third-order valence-electron chi connectivity index (χ3n) is 4.54. The predicted octanol–water partition coefficient (Wildman–Crippen LogP) is 3.73. The van der Waals surface area contributed by atoms with Gasteiger partial charge >= 0.3 is 0 Å². The van der Waals surface area contributed by atoms with Crippen LogP contribution in [-0.2, 0) is 9.59 Å². The number of amides is 2. The predicted molar refractivity (Wildman–Crippen MR) is 107 cm³/mol. The maximum Gasteiger partial charge on any atom is 0.251 e. The maximum atomic E-state index is 12.5. The monoisotopic (exact) mass is 396 g/mol. The highest BCUT2D eigenvalue weighted by molar-refractivity contribution is 6.33. The topological polar surface area (TPSA) is 85.2 Å². The van der Waals surface area contributed by atoms with Crippen molar-refractivity contribution in [2.24, 2.45) is 0 Å². The van der Waals surface area contributed by atoms with Crippen LogP contribution in [0.5, 0.6) is 5.75 Å². The number of methoxy groups -OCH3 is 1. The second-order valence-corrected chi connectivity index (χ2v) is 6.73. The van der Waals surface area contributed by atoms with Gasteiger partial charge in [0.15, 0.2) is 0 Å². The Hall–Kier alpha value is -3.32. The number of ether oxygens (including phenoxy) is 1. The molecule has 2 amide bonds. The molecule has 1 aromatic heterocycles. The Morgan fingerprint density at radius 3 is 2.89 bits per heavy atom. The molecule has 7 nitrogen and oxygen atoms in total.